The fraction of sp³-hybridized carbons (Fsp3) is 0.240. The molecule has 0 unspecified atom stereocenters. The van der Waals surface area contributed by atoms with E-state index in [0.29, 0.717) is 41.3 Å². The van der Waals surface area contributed by atoms with E-state index in [2.05, 4.69) is 15.0 Å². The second kappa shape index (κ2) is 13.0. The normalized spacial score (nSPS) is 11.2. The zero-order valence-corrected chi connectivity index (χ0v) is 21.4. The summed E-state index contributed by atoms with van der Waals surface area (Å²) in [5.41, 5.74) is 0.170. The van der Waals surface area contributed by atoms with Crippen molar-refractivity contribution in [1.29, 1.82) is 0 Å². The Labute approximate surface area is 220 Å². The third kappa shape index (κ3) is 6.95. The van der Waals surface area contributed by atoms with E-state index in [0.717, 1.165) is 43.4 Å². The second-order valence-corrected chi connectivity index (χ2v) is 8.68. The van der Waals surface area contributed by atoms with Crippen LogP contribution in [0.25, 0.3) is 17.3 Å². The highest BCUT2D eigenvalue weighted by Gasteiger charge is 2.19. The molecule has 0 bridgehead atoms. The minimum Gasteiger partial charge on any atom is -0.492 e. The molecule has 0 atom stereocenters. The average molecular weight is 553 g/mol. The Bertz CT molecular complexity index is 1290. The van der Waals surface area contributed by atoms with E-state index in [1.807, 2.05) is 0 Å². The number of aromatic nitrogens is 1. The van der Waals surface area contributed by atoms with Crippen molar-refractivity contribution >= 4 is 46.0 Å². The summed E-state index contributed by atoms with van der Waals surface area (Å²) in [5, 5.41) is 13.4. The van der Waals surface area contributed by atoms with Gasteiger partial charge in [-0.25, -0.2) is 18.6 Å². The Morgan fingerprint density at radius 2 is 1.92 bits per heavy atom. The van der Waals surface area contributed by atoms with E-state index in [-0.39, 0.29) is 10.7 Å². The van der Waals surface area contributed by atoms with Gasteiger partial charge >= 0.3 is 5.97 Å². The first-order valence-corrected chi connectivity index (χ1v) is 12.3. The number of benzene rings is 2. The standard InChI is InChI=1S/C25H23ClF2N2O6S/c1-34-21(24(32)33)12-16-17(27)10-14(11-18(16)28)23(31)30-25-29-19(13-37-25)15-6-5-7-20(22(15)35-2)36-9-4-3-8-26/h5-7,10-13H,3-4,8-9H2,1-2H3,(H,32,33)(H,29,30,31)/b21-12-. The van der Waals surface area contributed by atoms with Crippen LogP contribution in [0.15, 0.2) is 41.5 Å². The van der Waals surface area contributed by atoms with Gasteiger partial charge in [-0.05, 0) is 37.1 Å². The number of carboxylic acids is 1. The van der Waals surface area contributed by atoms with E-state index in [9.17, 15) is 18.4 Å². The largest absolute Gasteiger partial charge is 0.492 e. The molecule has 8 nitrogen and oxygen atoms in total. The molecule has 0 fully saturated rings. The Morgan fingerprint density at radius 3 is 2.54 bits per heavy atom. The number of halogens is 3. The van der Waals surface area contributed by atoms with Crippen molar-refractivity contribution in [2.45, 2.75) is 12.8 Å². The lowest BCUT2D eigenvalue weighted by Gasteiger charge is -2.13. The van der Waals surface area contributed by atoms with Gasteiger partial charge in [-0.1, -0.05) is 6.07 Å². The molecule has 37 heavy (non-hydrogen) atoms. The number of carbonyl (C=O) groups is 2. The number of para-hydroxylation sites is 1. The van der Waals surface area contributed by atoms with Crippen LogP contribution in [0, 0.1) is 11.6 Å². The van der Waals surface area contributed by atoms with Crippen molar-refractivity contribution in [3.63, 3.8) is 0 Å². The summed E-state index contributed by atoms with van der Waals surface area (Å²) >= 11 is 6.81. The molecule has 2 aromatic carbocycles. The molecule has 1 aromatic heterocycles. The predicted octanol–water partition coefficient (Wildman–Crippen LogP) is 5.82. The van der Waals surface area contributed by atoms with Crippen LogP contribution in [0.4, 0.5) is 13.9 Å². The van der Waals surface area contributed by atoms with Crippen molar-refractivity contribution in [1.82, 2.24) is 4.98 Å². The summed E-state index contributed by atoms with van der Waals surface area (Å²) in [6.07, 6.45) is 2.31. The first kappa shape index (κ1) is 27.9. The molecule has 0 aliphatic rings. The maximum Gasteiger partial charge on any atom is 0.371 e. The van der Waals surface area contributed by atoms with Crippen molar-refractivity contribution < 1.29 is 37.7 Å². The van der Waals surface area contributed by atoms with Crippen molar-refractivity contribution in [3.05, 3.63) is 64.2 Å². The number of rotatable bonds is 12. The number of methoxy groups -OCH3 is 2. The number of anilines is 1. The lowest BCUT2D eigenvalue weighted by Crippen LogP contribution is -2.13. The van der Waals surface area contributed by atoms with Gasteiger partial charge < -0.3 is 19.3 Å². The molecule has 3 rings (SSSR count). The molecule has 1 heterocycles. The second-order valence-electron chi connectivity index (χ2n) is 7.44. The Balaban J connectivity index is 1.79. The van der Waals surface area contributed by atoms with Crippen LogP contribution in [0.3, 0.4) is 0 Å². The smallest absolute Gasteiger partial charge is 0.371 e. The lowest BCUT2D eigenvalue weighted by atomic mass is 10.1. The van der Waals surface area contributed by atoms with Crippen LogP contribution in [0.5, 0.6) is 11.5 Å². The van der Waals surface area contributed by atoms with E-state index in [1.165, 1.54) is 7.11 Å². The fourth-order valence-electron chi connectivity index (χ4n) is 3.24. The zero-order chi connectivity index (χ0) is 26.9. The number of alkyl halides is 1. The molecular formula is C25H23ClF2N2O6S. The summed E-state index contributed by atoms with van der Waals surface area (Å²) in [6.45, 7) is 0.468. The van der Waals surface area contributed by atoms with E-state index in [1.54, 1.807) is 23.6 Å². The van der Waals surface area contributed by atoms with E-state index >= 15 is 0 Å². The summed E-state index contributed by atoms with van der Waals surface area (Å²) in [6, 6.07) is 6.93. The lowest BCUT2D eigenvalue weighted by molar-refractivity contribution is -0.135. The van der Waals surface area contributed by atoms with Gasteiger partial charge in [0.25, 0.3) is 5.91 Å². The number of amides is 1. The molecule has 2 N–H and O–H groups in total. The average Bonchev–Trinajstić information content (AvgIpc) is 3.34. The SMILES string of the molecule is CO/C(=C\c1c(F)cc(C(=O)Nc2nc(-c3cccc(OCCCCCl)c3OC)cs2)cc1F)C(=O)O. The van der Waals surface area contributed by atoms with Gasteiger partial charge in [0.2, 0.25) is 5.76 Å². The Kier molecular flexibility index (Phi) is 9.81. The van der Waals surface area contributed by atoms with Crippen LogP contribution in [0.1, 0.15) is 28.8 Å². The summed E-state index contributed by atoms with van der Waals surface area (Å²) in [5.74, 6) is -3.67. The molecule has 1 amide bonds. The third-order valence-electron chi connectivity index (χ3n) is 5.02. The van der Waals surface area contributed by atoms with Gasteiger partial charge in [0.1, 0.15) is 11.6 Å². The van der Waals surface area contributed by atoms with Gasteiger partial charge in [0, 0.05) is 34.0 Å². The fourth-order valence-corrected chi connectivity index (χ4v) is 4.13. The minimum absolute atomic E-state index is 0.188. The molecule has 3 aromatic rings. The van der Waals surface area contributed by atoms with Gasteiger partial charge in [-0.3, -0.25) is 10.1 Å². The maximum atomic E-state index is 14.5. The van der Waals surface area contributed by atoms with Crippen molar-refractivity contribution in [2.75, 3.05) is 32.0 Å². The van der Waals surface area contributed by atoms with Crippen LogP contribution in [0.2, 0.25) is 0 Å². The number of aliphatic carboxylic acids is 1. The van der Waals surface area contributed by atoms with Gasteiger partial charge in [-0.2, -0.15) is 0 Å². The quantitative estimate of drug-likeness (QED) is 0.126. The molecule has 12 heteroatoms. The summed E-state index contributed by atoms with van der Waals surface area (Å²) in [7, 11) is 2.56. The number of carbonyl (C=O) groups excluding carboxylic acids is 1. The Hall–Kier alpha value is -3.70. The summed E-state index contributed by atoms with van der Waals surface area (Å²) in [4.78, 5) is 28.1. The summed E-state index contributed by atoms with van der Waals surface area (Å²) < 4.78 is 44.9. The molecule has 0 radical (unpaired) electrons. The number of nitrogens with zero attached hydrogens (tertiary/aromatic N) is 1. The number of ether oxygens (including phenoxy) is 3. The number of hydrogen-bond donors (Lipinski definition) is 2. The van der Waals surface area contributed by atoms with Crippen LogP contribution in [-0.4, -0.2) is 48.7 Å². The molecular weight excluding hydrogens is 530 g/mol. The molecule has 0 aliphatic heterocycles. The van der Waals surface area contributed by atoms with Crippen LogP contribution in [-0.2, 0) is 9.53 Å². The van der Waals surface area contributed by atoms with Gasteiger partial charge in [-0.15, -0.1) is 22.9 Å². The molecule has 196 valence electrons. The maximum absolute atomic E-state index is 14.5. The highest BCUT2D eigenvalue weighted by atomic mass is 35.5. The monoisotopic (exact) mass is 552 g/mol. The van der Waals surface area contributed by atoms with Gasteiger partial charge in [0.05, 0.1) is 26.5 Å². The third-order valence-corrected chi connectivity index (χ3v) is 6.04. The first-order chi connectivity index (χ1) is 17.8. The van der Waals surface area contributed by atoms with Crippen molar-refractivity contribution in [2.24, 2.45) is 0 Å². The highest BCUT2D eigenvalue weighted by Crippen LogP contribution is 2.39. The van der Waals surface area contributed by atoms with Crippen LogP contribution >= 0.6 is 22.9 Å². The van der Waals surface area contributed by atoms with E-state index in [4.69, 9.17) is 26.2 Å². The number of nitrogens with one attached hydrogen (secondary N) is 1. The van der Waals surface area contributed by atoms with E-state index < -0.39 is 34.8 Å². The van der Waals surface area contributed by atoms with Crippen molar-refractivity contribution in [3.8, 4) is 22.8 Å². The number of unbranched alkanes of at least 4 members (excludes halogenated alkanes) is 1. The number of carboxylic acid groups (broad SMARTS) is 1. The van der Waals surface area contributed by atoms with Crippen LogP contribution < -0.4 is 14.8 Å². The van der Waals surface area contributed by atoms with Gasteiger partial charge in [0.15, 0.2) is 16.6 Å². The number of thiazole rings is 1. The molecule has 0 aliphatic carbocycles. The highest BCUT2D eigenvalue weighted by molar-refractivity contribution is 7.14. The first-order valence-electron chi connectivity index (χ1n) is 10.9. The molecule has 0 spiro atoms. The number of hydrogen-bond acceptors (Lipinski definition) is 7. The Morgan fingerprint density at radius 1 is 1.19 bits per heavy atom. The topological polar surface area (TPSA) is 107 Å². The minimum atomic E-state index is -1.50. The predicted molar refractivity (Wildman–Crippen MR) is 136 cm³/mol. The molecule has 0 saturated heterocycles. The molecule has 0 saturated carbocycles. The zero-order valence-electron chi connectivity index (χ0n) is 19.8.